The highest BCUT2D eigenvalue weighted by atomic mass is 32.1. The van der Waals surface area contributed by atoms with Crippen molar-refractivity contribution in [2.75, 3.05) is 0 Å². The van der Waals surface area contributed by atoms with Crippen LogP contribution in [0.3, 0.4) is 0 Å². The van der Waals surface area contributed by atoms with Crippen LogP contribution in [0.15, 0.2) is 34.7 Å². The molecular weight excluding hydrogens is 196 g/mol. The van der Waals surface area contributed by atoms with E-state index in [-0.39, 0.29) is 4.87 Å². The molecule has 0 radical (unpaired) electrons. The van der Waals surface area contributed by atoms with Crippen molar-refractivity contribution in [2.45, 2.75) is 13.5 Å². The van der Waals surface area contributed by atoms with Crippen molar-refractivity contribution < 1.29 is 0 Å². The molecule has 0 aromatic carbocycles. The molecule has 0 amide bonds. The predicted molar refractivity (Wildman–Crippen MR) is 56.7 cm³/mol. The van der Waals surface area contributed by atoms with Gasteiger partial charge >= 0.3 is 4.87 Å². The Hall–Kier alpha value is -1.42. The molecule has 0 aliphatic rings. The molecule has 2 heterocycles. The molecule has 0 saturated heterocycles. The van der Waals surface area contributed by atoms with Gasteiger partial charge in [-0.25, -0.2) is 0 Å². The van der Waals surface area contributed by atoms with E-state index in [1.54, 1.807) is 22.3 Å². The fourth-order valence-corrected chi connectivity index (χ4v) is 1.84. The van der Waals surface area contributed by atoms with Gasteiger partial charge in [0.15, 0.2) is 0 Å². The Morgan fingerprint density at radius 3 is 3.07 bits per heavy atom. The van der Waals surface area contributed by atoms with Gasteiger partial charge in [-0.1, -0.05) is 17.4 Å². The van der Waals surface area contributed by atoms with Crippen molar-refractivity contribution in [1.82, 2.24) is 9.55 Å². The van der Waals surface area contributed by atoms with Crippen LogP contribution in [-0.4, -0.2) is 9.55 Å². The van der Waals surface area contributed by atoms with E-state index in [1.165, 1.54) is 11.3 Å². The molecule has 0 spiro atoms. The van der Waals surface area contributed by atoms with Crippen LogP contribution in [0.25, 0.3) is 0 Å². The number of rotatable bonds is 2. The summed E-state index contributed by atoms with van der Waals surface area (Å²) in [5.41, 5.74) is 2.07. The Morgan fingerprint density at radius 1 is 1.57 bits per heavy atom. The lowest BCUT2D eigenvalue weighted by Crippen LogP contribution is -2.14. The third-order valence-electron chi connectivity index (χ3n) is 2.08. The highest BCUT2D eigenvalue weighted by Gasteiger charge is 2.01. The van der Waals surface area contributed by atoms with Crippen LogP contribution >= 0.6 is 11.3 Å². The summed E-state index contributed by atoms with van der Waals surface area (Å²) in [6.07, 6.45) is 3.54. The molecule has 0 aliphatic heterocycles. The average Bonchev–Trinajstić information content (AvgIpc) is 2.56. The summed E-state index contributed by atoms with van der Waals surface area (Å²) in [6.45, 7) is 2.56. The Kier molecular flexibility index (Phi) is 2.45. The normalized spacial score (nSPS) is 10.4. The smallest absolute Gasteiger partial charge is 0.300 e. The molecule has 14 heavy (non-hydrogen) atoms. The monoisotopic (exact) mass is 206 g/mol. The topological polar surface area (TPSA) is 34.9 Å². The molecule has 72 valence electrons. The summed E-state index contributed by atoms with van der Waals surface area (Å²) >= 11 is 1.21. The van der Waals surface area contributed by atoms with Gasteiger partial charge in [-0.3, -0.25) is 14.3 Å². The lowest BCUT2D eigenvalue weighted by molar-refractivity contribution is 0.755. The van der Waals surface area contributed by atoms with Crippen LogP contribution in [0.1, 0.15) is 11.3 Å². The summed E-state index contributed by atoms with van der Waals surface area (Å²) < 4.78 is 1.67. The molecule has 4 heteroatoms. The molecule has 2 rings (SSSR count). The molecule has 0 saturated carbocycles. The lowest BCUT2D eigenvalue weighted by Gasteiger charge is -2.03. The van der Waals surface area contributed by atoms with Gasteiger partial charge in [0.1, 0.15) is 0 Å². The Balaban J connectivity index is 2.32. The fourth-order valence-electron chi connectivity index (χ4n) is 1.25. The second-order valence-corrected chi connectivity index (χ2v) is 3.92. The Morgan fingerprint density at radius 2 is 2.43 bits per heavy atom. The van der Waals surface area contributed by atoms with E-state index < -0.39 is 0 Å². The van der Waals surface area contributed by atoms with Gasteiger partial charge in [-0.05, 0) is 18.6 Å². The average molecular weight is 206 g/mol. The van der Waals surface area contributed by atoms with Crippen LogP contribution in [0.2, 0.25) is 0 Å². The first-order valence-corrected chi connectivity index (χ1v) is 5.20. The molecule has 0 unspecified atom stereocenters. The van der Waals surface area contributed by atoms with E-state index >= 15 is 0 Å². The van der Waals surface area contributed by atoms with E-state index in [9.17, 15) is 4.79 Å². The van der Waals surface area contributed by atoms with E-state index in [4.69, 9.17) is 0 Å². The molecule has 0 N–H and O–H groups in total. The third-order valence-corrected chi connectivity index (χ3v) is 2.78. The van der Waals surface area contributed by atoms with Gasteiger partial charge in [-0.2, -0.15) is 0 Å². The fraction of sp³-hybridized carbons (Fsp3) is 0.200. The highest BCUT2D eigenvalue weighted by Crippen LogP contribution is 2.04. The van der Waals surface area contributed by atoms with Crippen molar-refractivity contribution in [3.8, 4) is 0 Å². The number of pyridine rings is 1. The van der Waals surface area contributed by atoms with Crippen LogP contribution in [0.4, 0.5) is 0 Å². The molecular formula is C10H10N2OS. The lowest BCUT2D eigenvalue weighted by atomic mass is 10.2. The van der Waals surface area contributed by atoms with Crippen molar-refractivity contribution in [3.05, 3.63) is 50.8 Å². The molecule has 2 aromatic rings. The Labute approximate surface area is 85.7 Å². The molecule has 0 aliphatic carbocycles. The molecule has 3 nitrogen and oxygen atoms in total. The largest absolute Gasteiger partial charge is 0.307 e. The van der Waals surface area contributed by atoms with Gasteiger partial charge in [0.25, 0.3) is 0 Å². The van der Waals surface area contributed by atoms with E-state index in [2.05, 4.69) is 4.98 Å². The van der Waals surface area contributed by atoms with Gasteiger partial charge in [0, 0.05) is 17.8 Å². The zero-order chi connectivity index (χ0) is 9.97. The predicted octanol–water partition coefficient (Wildman–Crippen LogP) is 1.66. The quantitative estimate of drug-likeness (QED) is 0.749. The minimum absolute atomic E-state index is 0.0649. The van der Waals surface area contributed by atoms with Crippen molar-refractivity contribution in [3.63, 3.8) is 0 Å². The minimum atomic E-state index is 0.0649. The second-order valence-electron chi connectivity index (χ2n) is 3.06. The highest BCUT2D eigenvalue weighted by molar-refractivity contribution is 7.07. The summed E-state index contributed by atoms with van der Waals surface area (Å²) in [4.78, 5) is 15.6. The second kappa shape index (κ2) is 3.75. The van der Waals surface area contributed by atoms with Crippen molar-refractivity contribution >= 4 is 11.3 Å². The van der Waals surface area contributed by atoms with Gasteiger partial charge in [0.05, 0.1) is 12.2 Å². The molecule has 0 atom stereocenters. The number of nitrogens with zero attached hydrogens (tertiary/aromatic N) is 2. The summed E-state index contributed by atoms with van der Waals surface area (Å²) in [7, 11) is 0. The first-order chi connectivity index (χ1) is 6.77. The van der Waals surface area contributed by atoms with Crippen molar-refractivity contribution in [1.29, 1.82) is 0 Å². The first kappa shape index (κ1) is 9.15. The maximum atomic E-state index is 11.3. The molecule has 2 aromatic heterocycles. The SMILES string of the molecule is Cc1cccnc1Cn1ccsc1=O. The first-order valence-electron chi connectivity index (χ1n) is 4.32. The maximum absolute atomic E-state index is 11.3. The van der Waals surface area contributed by atoms with Gasteiger partial charge < -0.3 is 0 Å². The van der Waals surface area contributed by atoms with E-state index in [1.807, 2.05) is 19.1 Å². The number of aryl methyl sites for hydroxylation is 1. The zero-order valence-electron chi connectivity index (χ0n) is 7.80. The molecule has 0 bridgehead atoms. The number of thiazole rings is 1. The van der Waals surface area contributed by atoms with Gasteiger partial charge in [-0.15, -0.1) is 0 Å². The van der Waals surface area contributed by atoms with Crippen molar-refractivity contribution in [2.24, 2.45) is 0 Å². The summed E-state index contributed by atoms with van der Waals surface area (Å²) in [6, 6.07) is 3.90. The third kappa shape index (κ3) is 1.75. The number of hydrogen-bond acceptors (Lipinski definition) is 3. The summed E-state index contributed by atoms with van der Waals surface area (Å²) in [5.74, 6) is 0. The van der Waals surface area contributed by atoms with Crippen LogP contribution in [0.5, 0.6) is 0 Å². The minimum Gasteiger partial charge on any atom is -0.300 e. The van der Waals surface area contributed by atoms with Crippen LogP contribution < -0.4 is 4.87 Å². The zero-order valence-corrected chi connectivity index (χ0v) is 8.62. The maximum Gasteiger partial charge on any atom is 0.307 e. The molecule has 0 fully saturated rings. The number of hydrogen-bond donors (Lipinski definition) is 0. The van der Waals surface area contributed by atoms with Gasteiger partial charge in [0.2, 0.25) is 0 Å². The Bertz CT molecular complexity index is 487. The van der Waals surface area contributed by atoms with E-state index in [0.717, 1.165) is 11.3 Å². The number of aromatic nitrogens is 2. The standard InChI is InChI=1S/C10H10N2OS/c1-8-3-2-4-11-9(8)7-12-5-6-14-10(12)13/h2-6H,7H2,1H3. The van der Waals surface area contributed by atoms with E-state index in [0.29, 0.717) is 6.54 Å². The van der Waals surface area contributed by atoms with Crippen LogP contribution in [-0.2, 0) is 6.54 Å². The summed E-state index contributed by atoms with van der Waals surface area (Å²) in [5, 5.41) is 1.79. The van der Waals surface area contributed by atoms with Crippen LogP contribution in [0, 0.1) is 6.92 Å².